The molecular formula is C22H19FN4O3. The van der Waals surface area contributed by atoms with Crippen molar-refractivity contribution in [1.82, 2.24) is 9.88 Å². The smallest absolute Gasteiger partial charge is 0.257 e. The highest BCUT2D eigenvalue weighted by molar-refractivity contribution is 5.97. The van der Waals surface area contributed by atoms with E-state index in [-0.39, 0.29) is 23.3 Å². The van der Waals surface area contributed by atoms with Gasteiger partial charge in [0, 0.05) is 31.7 Å². The summed E-state index contributed by atoms with van der Waals surface area (Å²) in [6.45, 7) is 1.92. The van der Waals surface area contributed by atoms with Crippen molar-refractivity contribution in [2.75, 3.05) is 38.2 Å². The van der Waals surface area contributed by atoms with Gasteiger partial charge >= 0.3 is 0 Å². The fourth-order valence-corrected chi connectivity index (χ4v) is 3.42. The molecule has 1 aromatic heterocycles. The molecule has 2 aromatic carbocycles. The number of benzene rings is 2. The molecule has 1 fully saturated rings. The third-order valence-corrected chi connectivity index (χ3v) is 5.00. The van der Waals surface area contributed by atoms with Crippen LogP contribution in [-0.4, -0.2) is 49.1 Å². The third kappa shape index (κ3) is 3.70. The molecule has 0 N–H and O–H groups in total. The lowest BCUT2D eigenvalue weighted by Gasteiger charge is -2.34. The molecule has 4 rings (SSSR count). The van der Waals surface area contributed by atoms with E-state index < -0.39 is 0 Å². The van der Waals surface area contributed by atoms with E-state index in [4.69, 9.17) is 9.15 Å². The lowest BCUT2D eigenvalue weighted by molar-refractivity contribution is 0.0742. The van der Waals surface area contributed by atoms with Crippen molar-refractivity contribution in [2.24, 2.45) is 0 Å². The van der Waals surface area contributed by atoms with E-state index in [0.717, 1.165) is 0 Å². The number of carbonyl (C=O) groups is 1. The molecule has 0 radical (unpaired) electrons. The number of hydrogen-bond donors (Lipinski definition) is 0. The Morgan fingerprint density at radius 2 is 1.83 bits per heavy atom. The first-order valence-corrected chi connectivity index (χ1v) is 9.45. The Morgan fingerprint density at radius 1 is 1.13 bits per heavy atom. The molecule has 0 bridgehead atoms. The van der Waals surface area contributed by atoms with Gasteiger partial charge in [0.1, 0.15) is 17.6 Å². The standard InChI is InChI=1S/C22H19FN4O3/c1-29-19-5-3-2-4-17(19)21(28)26-10-12-27(13-11-26)22-18(14-24)25-20(30-22)15-6-8-16(23)9-7-15/h2-9H,10-13H2,1H3. The second kappa shape index (κ2) is 8.25. The molecular weight excluding hydrogens is 387 g/mol. The van der Waals surface area contributed by atoms with Gasteiger partial charge in [-0.2, -0.15) is 10.2 Å². The molecule has 8 heteroatoms. The SMILES string of the molecule is COc1ccccc1C(=O)N1CCN(c2oc(-c3ccc(F)cc3)nc2C#N)CC1. The maximum atomic E-state index is 13.2. The first-order valence-electron chi connectivity index (χ1n) is 9.45. The van der Waals surface area contributed by atoms with Gasteiger partial charge in [0.2, 0.25) is 17.5 Å². The Morgan fingerprint density at radius 3 is 2.50 bits per heavy atom. The van der Waals surface area contributed by atoms with Crippen LogP contribution in [0.2, 0.25) is 0 Å². The van der Waals surface area contributed by atoms with Crippen molar-refractivity contribution in [3.63, 3.8) is 0 Å². The van der Waals surface area contributed by atoms with Crippen LogP contribution in [0.15, 0.2) is 52.9 Å². The first kappa shape index (κ1) is 19.5. The molecule has 0 unspecified atom stereocenters. The van der Waals surface area contributed by atoms with Crippen LogP contribution in [0.1, 0.15) is 16.1 Å². The van der Waals surface area contributed by atoms with Crippen molar-refractivity contribution in [3.05, 3.63) is 65.6 Å². The van der Waals surface area contributed by atoms with Crippen LogP contribution in [0.4, 0.5) is 10.3 Å². The molecule has 0 saturated carbocycles. The van der Waals surface area contributed by atoms with Gasteiger partial charge in [0.05, 0.1) is 12.7 Å². The predicted molar refractivity (Wildman–Crippen MR) is 108 cm³/mol. The minimum atomic E-state index is -0.359. The number of nitrogens with zero attached hydrogens (tertiary/aromatic N) is 4. The summed E-state index contributed by atoms with van der Waals surface area (Å²) < 4.78 is 24.3. The molecule has 152 valence electrons. The molecule has 1 amide bonds. The van der Waals surface area contributed by atoms with Crippen molar-refractivity contribution in [2.45, 2.75) is 0 Å². The number of aromatic nitrogens is 1. The minimum absolute atomic E-state index is 0.0998. The van der Waals surface area contributed by atoms with Crippen molar-refractivity contribution in [3.8, 4) is 23.3 Å². The summed E-state index contributed by atoms with van der Waals surface area (Å²) in [5.74, 6) is 0.699. The molecule has 1 aliphatic rings. The Balaban J connectivity index is 1.50. The highest BCUT2D eigenvalue weighted by Crippen LogP contribution is 2.29. The Bertz CT molecular complexity index is 1100. The number of anilines is 1. The van der Waals surface area contributed by atoms with E-state index in [2.05, 4.69) is 11.1 Å². The van der Waals surface area contributed by atoms with Gasteiger partial charge in [-0.3, -0.25) is 4.79 Å². The van der Waals surface area contributed by atoms with E-state index in [1.54, 1.807) is 35.2 Å². The summed E-state index contributed by atoms with van der Waals surface area (Å²) in [6.07, 6.45) is 0. The van der Waals surface area contributed by atoms with Gasteiger partial charge in [-0.1, -0.05) is 12.1 Å². The van der Waals surface area contributed by atoms with Gasteiger partial charge in [-0.25, -0.2) is 4.39 Å². The third-order valence-electron chi connectivity index (χ3n) is 5.00. The number of oxazole rings is 1. The van der Waals surface area contributed by atoms with E-state index in [1.807, 2.05) is 11.0 Å². The monoisotopic (exact) mass is 406 g/mol. The first-order chi connectivity index (χ1) is 14.6. The average Bonchev–Trinajstić information content (AvgIpc) is 3.23. The van der Waals surface area contributed by atoms with Gasteiger partial charge in [0.25, 0.3) is 5.91 Å². The summed E-state index contributed by atoms with van der Waals surface area (Å²) >= 11 is 0. The maximum absolute atomic E-state index is 13.2. The highest BCUT2D eigenvalue weighted by Gasteiger charge is 2.28. The van der Waals surface area contributed by atoms with Crippen LogP contribution in [0.5, 0.6) is 5.75 Å². The van der Waals surface area contributed by atoms with Gasteiger partial charge in [-0.15, -0.1) is 0 Å². The number of rotatable bonds is 4. The Labute approximate surface area is 172 Å². The van der Waals surface area contributed by atoms with E-state index in [0.29, 0.717) is 48.9 Å². The maximum Gasteiger partial charge on any atom is 0.257 e. The average molecular weight is 406 g/mol. The summed E-state index contributed by atoms with van der Waals surface area (Å²) in [4.78, 5) is 20.8. The molecule has 0 aliphatic carbocycles. The van der Waals surface area contributed by atoms with Gasteiger partial charge in [-0.05, 0) is 36.4 Å². The van der Waals surface area contributed by atoms with Crippen molar-refractivity contribution in [1.29, 1.82) is 5.26 Å². The van der Waals surface area contributed by atoms with Crippen LogP contribution in [0.25, 0.3) is 11.5 Å². The Hall–Kier alpha value is -3.86. The fraction of sp³-hybridized carbons (Fsp3) is 0.227. The molecule has 1 saturated heterocycles. The van der Waals surface area contributed by atoms with Crippen molar-refractivity contribution < 1.29 is 18.3 Å². The molecule has 30 heavy (non-hydrogen) atoms. The zero-order chi connectivity index (χ0) is 21.1. The minimum Gasteiger partial charge on any atom is -0.496 e. The number of halogens is 1. The van der Waals surface area contributed by atoms with E-state index in [9.17, 15) is 14.4 Å². The number of piperazine rings is 1. The van der Waals surface area contributed by atoms with Crippen LogP contribution in [0.3, 0.4) is 0 Å². The van der Waals surface area contributed by atoms with Gasteiger partial charge < -0.3 is 19.0 Å². The number of ether oxygens (including phenoxy) is 1. The zero-order valence-corrected chi connectivity index (χ0v) is 16.3. The summed E-state index contributed by atoms with van der Waals surface area (Å²) in [7, 11) is 1.54. The number of para-hydroxylation sites is 1. The van der Waals surface area contributed by atoms with E-state index in [1.165, 1.54) is 19.2 Å². The van der Waals surface area contributed by atoms with Gasteiger partial charge in [0.15, 0.2) is 0 Å². The van der Waals surface area contributed by atoms with Crippen LogP contribution >= 0.6 is 0 Å². The molecule has 0 spiro atoms. The number of hydrogen-bond acceptors (Lipinski definition) is 6. The predicted octanol–water partition coefficient (Wildman–Crippen LogP) is 3.32. The molecule has 1 aliphatic heterocycles. The zero-order valence-electron chi connectivity index (χ0n) is 16.3. The second-order valence-electron chi connectivity index (χ2n) is 6.77. The topological polar surface area (TPSA) is 82.6 Å². The molecule has 2 heterocycles. The molecule has 0 atom stereocenters. The Kier molecular flexibility index (Phi) is 5.35. The summed E-state index contributed by atoms with van der Waals surface area (Å²) in [5, 5.41) is 9.46. The number of carbonyl (C=O) groups excluding carboxylic acids is 1. The normalized spacial score (nSPS) is 13.8. The fourth-order valence-electron chi connectivity index (χ4n) is 3.42. The quantitative estimate of drug-likeness (QED) is 0.661. The molecule has 3 aromatic rings. The number of methoxy groups -OCH3 is 1. The lowest BCUT2D eigenvalue weighted by atomic mass is 10.1. The second-order valence-corrected chi connectivity index (χ2v) is 6.77. The molecule has 7 nitrogen and oxygen atoms in total. The summed E-state index contributed by atoms with van der Waals surface area (Å²) in [5.41, 5.74) is 1.27. The summed E-state index contributed by atoms with van der Waals surface area (Å²) in [6, 6.07) is 14.9. The largest absolute Gasteiger partial charge is 0.496 e. The number of amides is 1. The van der Waals surface area contributed by atoms with Crippen molar-refractivity contribution >= 4 is 11.8 Å². The van der Waals surface area contributed by atoms with Crippen LogP contribution < -0.4 is 9.64 Å². The van der Waals surface area contributed by atoms with E-state index >= 15 is 0 Å². The van der Waals surface area contributed by atoms with Crippen LogP contribution in [0, 0.1) is 17.1 Å². The van der Waals surface area contributed by atoms with Crippen LogP contribution in [-0.2, 0) is 0 Å². The highest BCUT2D eigenvalue weighted by atomic mass is 19.1. The number of nitriles is 1. The lowest BCUT2D eigenvalue weighted by Crippen LogP contribution is -2.49.